The summed E-state index contributed by atoms with van der Waals surface area (Å²) in [6.07, 6.45) is 2.17. The number of hydrogen-bond donors (Lipinski definition) is 2. The summed E-state index contributed by atoms with van der Waals surface area (Å²) in [5, 5.41) is 6.56. The molecule has 136 valence electrons. The van der Waals surface area contributed by atoms with Crippen LogP contribution in [-0.2, 0) is 9.53 Å². The van der Waals surface area contributed by atoms with E-state index in [0.717, 1.165) is 56.1 Å². The molecule has 0 unspecified atom stereocenters. The van der Waals surface area contributed by atoms with Crippen LogP contribution in [0.5, 0.6) is 0 Å². The van der Waals surface area contributed by atoms with Gasteiger partial charge in [-0.15, -0.1) is 0 Å². The van der Waals surface area contributed by atoms with E-state index in [1.165, 1.54) is 0 Å². The van der Waals surface area contributed by atoms with Crippen molar-refractivity contribution in [2.45, 2.75) is 24.9 Å². The van der Waals surface area contributed by atoms with Crippen LogP contribution in [0.3, 0.4) is 0 Å². The van der Waals surface area contributed by atoms with E-state index in [9.17, 15) is 4.79 Å². The van der Waals surface area contributed by atoms with E-state index in [4.69, 9.17) is 4.74 Å². The minimum Gasteiger partial charge on any atom is -0.378 e. The molecule has 1 saturated heterocycles. The van der Waals surface area contributed by atoms with Gasteiger partial charge in [-0.05, 0) is 36.6 Å². The average Bonchev–Trinajstić information content (AvgIpc) is 3.51. The highest BCUT2D eigenvalue weighted by Gasteiger charge is 2.28. The molecule has 1 atom stereocenters. The Labute approximate surface area is 154 Å². The Balaban J connectivity index is 1.54. The monoisotopic (exact) mass is 351 g/mol. The van der Waals surface area contributed by atoms with Gasteiger partial charge in [0.15, 0.2) is 0 Å². The maximum atomic E-state index is 12.8. The molecule has 1 aliphatic carbocycles. The molecule has 4 rings (SSSR count). The van der Waals surface area contributed by atoms with Gasteiger partial charge in [-0.3, -0.25) is 4.79 Å². The van der Waals surface area contributed by atoms with Gasteiger partial charge in [-0.2, -0.15) is 0 Å². The van der Waals surface area contributed by atoms with Crippen molar-refractivity contribution in [3.8, 4) is 0 Å². The number of benzene rings is 2. The normalized spacial score (nSPS) is 18.2. The lowest BCUT2D eigenvalue weighted by Crippen LogP contribution is -2.36. The van der Waals surface area contributed by atoms with Gasteiger partial charge < -0.3 is 20.3 Å². The molecule has 2 N–H and O–H groups in total. The van der Waals surface area contributed by atoms with Gasteiger partial charge in [0.1, 0.15) is 6.04 Å². The van der Waals surface area contributed by atoms with Crippen molar-refractivity contribution in [1.82, 2.24) is 5.32 Å². The largest absolute Gasteiger partial charge is 0.378 e. The molecular weight excluding hydrogens is 326 g/mol. The molecule has 1 amide bonds. The second-order valence-electron chi connectivity index (χ2n) is 6.92. The number of morpholine rings is 1. The third-order valence-corrected chi connectivity index (χ3v) is 4.85. The average molecular weight is 351 g/mol. The summed E-state index contributed by atoms with van der Waals surface area (Å²) in [7, 11) is 0. The van der Waals surface area contributed by atoms with Gasteiger partial charge in [0.25, 0.3) is 0 Å². The predicted molar refractivity (Wildman–Crippen MR) is 103 cm³/mol. The molecule has 2 aromatic carbocycles. The second kappa shape index (κ2) is 7.79. The van der Waals surface area contributed by atoms with E-state index >= 15 is 0 Å². The van der Waals surface area contributed by atoms with E-state index in [0.29, 0.717) is 6.04 Å². The van der Waals surface area contributed by atoms with Crippen molar-refractivity contribution in [3.63, 3.8) is 0 Å². The molecule has 1 saturated carbocycles. The number of nitrogens with one attached hydrogen (secondary N) is 2. The molecular formula is C21H25N3O2. The minimum absolute atomic E-state index is 0.0375. The van der Waals surface area contributed by atoms with E-state index in [1.807, 2.05) is 42.5 Å². The Kier molecular flexibility index (Phi) is 5.07. The number of amides is 1. The number of carbonyl (C=O) groups is 1. The summed E-state index contributed by atoms with van der Waals surface area (Å²) in [4.78, 5) is 15.1. The summed E-state index contributed by atoms with van der Waals surface area (Å²) in [5.41, 5.74) is 3.09. The maximum absolute atomic E-state index is 12.8. The topological polar surface area (TPSA) is 53.6 Å². The quantitative estimate of drug-likeness (QED) is 0.840. The summed E-state index contributed by atoms with van der Waals surface area (Å²) in [5.74, 6) is 0.0375. The highest BCUT2D eigenvalue weighted by Crippen LogP contribution is 2.26. The van der Waals surface area contributed by atoms with E-state index in [1.54, 1.807) is 0 Å². The van der Waals surface area contributed by atoms with Gasteiger partial charge >= 0.3 is 0 Å². The Morgan fingerprint density at radius 3 is 2.54 bits per heavy atom. The van der Waals surface area contributed by atoms with Crippen LogP contribution in [0.1, 0.15) is 24.4 Å². The summed E-state index contributed by atoms with van der Waals surface area (Å²) < 4.78 is 5.44. The molecule has 2 aromatic rings. The molecule has 2 aliphatic rings. The molecule has 2 fully saturated rings. The standard InChI is InChI=1S/C21H25N3O2/c25-21(23-17-9-10-17)20(16-5-2-1-3-6-16)22-18-7-4-8-19(15-18)24-11-13-26-14-12-24/h1-8,15,17,20,22H,9-14H2,(H,23,25)/t20-/m0/s1. The lowest BCUT2D eigenvalue weighted by atomic mass is 10.1. The van der Waals surface area contributed by atoms with Crippen molar-refractivity contribution in [3.05, 3.63) is 60.2 Å². The number of ether oxygens (including phenoxy) is 1. The Hall–Kier alpha value is -2.53. The Bertz CT molecular complexity index is 740. The Morgan fingerprint density at radius 2 is 1.81 bits per heavy atom. The predicted octanol–water partition coefficient (Wildman–Crippen LogP) is 2.96. The van der Waals surface area contributed by atoms with Crippen LogP contribution in [0.15, 0.2) is 54.6 Å². The lowest BCUT2D eigenvalue weighted by molar-refractivity contribution is -0.122. The van der Waals surface area contributed by atoms with Crippen LogP contribution in [0.2, 0.25) is 0 Å². The van der Waals surface area contributed by atoms with Crippen molar-refractivity contribution in [2.24, 2.45) is 0 Å². The van der Waals surface area contributed by atoms with Gasteiger partial charge in [-0.1, -0.05) is 36.4 Å². The molecule has 26 heavy (non-hydrogen) atoms. The molecule has 0 bridgehead atoms. The molecule has 0 radical (unpaired) electrons. The number of hydrogen-bond acceptors (Lipinski definition) is 4. The highest BCUT2D eigenvalue weighted by atomic mass is 16.5. The first-order valence-electron chi connectivity index (χ1n) is 9.34. The SMILES string of the molecule is O=C(NC1CC1)[C@@H](Nc1cccc(N2CCOCC2)c1)c1ccccc1. The maximum Gasteiger partial charge on any atom is 0.247 e. The molecule has 0 spiro atoms. The van der Waals surface area contributed by atoms with Crippen molar-refractivity contribution >= 4 is 17.3 Å². The zero-order valence-electron chi connectivity index (χ0n) is 14.9. The van der Waals surface area contributed by atoms with Crippen LogP contribution in [0.4, 0.5) is 11.4 Å². The molecule has 5 heteroatoms. The van der Waals surface area contributed by atoms with Gasteiger partial charge in [0.2, 0.25) is 5.91 Å². The zero-order chi connectivity index (χ0) is 17.8. The van der Waals surface area contributed by atoms with Crippen LogP contribution < -0.4 is 15.5 Å². The molecule has 1 heterocycles. The first kappa shape index (κ1) is 16.9. The number of anilines is 2. The van der Waals surface area contributed by atoms with E-state index in [2.05, 4.69) is 27.7 Å². The highest BCUT2D eigenvalue weighted by molar-refractivity contribution is 5.86. The smallest absolute Gasteiger partial charge is 0.247 e. The fraction of sp³-hybridized carbons (Fsp3) is 0.381. The fourth-order valence-corrected chi connectivity index (χ4v) is 3.24. The van der Waals surface area contributed by atoms with E-state index < -0.39 is 6.04 Å². The zero-order valence-corrected chi connectivity index (χ0v) is 14.9. The summed E-state index contributed by atoms with van der Waals surface area (Å²) in [6.45, 7) is 3.31. The summed E-state index contributed by atoms with van der Waals surface area (Å²) in [6, 6.07) is 18.1. The number of rotatable bonds is 6. The fourth-order valence-electron chi connectivity index (χ4n) is 3.24. The molecule has 5 nitrogen and oxygen atoms in total. The minimum atomic E-state index is -0.392. The lowest BCUT2D eigenvalue weighted by Gasteiger charge is -2.29. The Morgan fingerprint density at radius 1 is 1.04 bits per heavy atom. The third kappa shape index (κ3) is 4.17. The van der Waals surface area contributed by atoms with Crippen molar-refractivity contribution in [2.75, 3.05) is 36.5 Å². The van der Waals surface area contributed by atoms with Crippen molar-refractivity contribution in [1.29, 1.82) is 0 Å². The summed E-state index contributed by atoms with van der Waals surface area (Å²) >= 11 is 0. The first-order chi connectivity index (χ1) is 12.8. The van der Waals surface area contributed by atoms with Crippen LogP contribution in [-0.4, -0.2) is 38.3 Å². The van der Waals surface area contributed by atoms with Crippen LogP contribution in [0.25, 0.3) is 0 Å². The van der Waals surface area contributed by atoms with Gasteiger partial charge in [0, 0.05) is 30.5 Å². The van der Waals surface area contributed by atoms with Gasteiger partial charge in [0.05, 0.1) is 13.2 Å². The molecule has 0 aromatic heterocycles. The number of carbonyl (C=O) groups excluding carboxylic acids is 1. The number of nitrogens with zero attached hydrogens (tertiary/aromatic N) is 1. The third-order valence-electron chi connectivity index (χ3n) is 4.85. The van der Waals surface area contributed by atoms with Gasteiger partial charge in [-0.25, -0.2) is 0 Å². The van der Waals surface area contributed by atoms with E-state index in [-0.39, 0.29) is 5.91 Å². The van der Waals surface area contributed by atoms with Crippen LogP contribution >= 0.6 is 0 Å². The molecule has 1 aliphatic heterocycles. The first-order valence-corrected chi connectivity index (χ1v) is 9.34. The second-order valence-corrected chi connectivity index (χ2v) is 6.92. The van der Waals surface area contributed by atoms with Crippen molar-refractivity contribution < 1.29 is 9.53 Å². The van der Waals surface area contributed by atoms with Crippen LogP contribution in [0, 0.1) is 0 Å².